The molecule has 1 heterocycles. The van der Waals surface area contributed by atoms with Crippen molar-refractivity contribution in [2.24, 2.45) is 4.99 Å². The minimum absolute atomic E-state index is 0. The first-order valence-electron chi connectivity index (χ1n) is 7.31. The zero-order valence-corrected chi connectivity index (χ0v) is 14.6. The topological polar surface area (TPSA) is 27.6 Å². The molecule has 1 aliphatic heterocycles. The van der Waals surface area contributed by atoms with E-state index in [1.807, 2.05) is 7.05 Å². The molecule has 1 unspecified atom stereocenters. The van der Waals surface area contributed by atoms with E-state index in [9.17, 15) is 0 Å². The highest BCUT2D eigenvalue weighted by Crippen LogP contribution is 2.29. The number of hydrogen-bond donors (Lipinski definition) is 1. The third kappa shape index (κ3) is 3.45. The first-order chi connectivity index (χ1) is 9.28. The number of nitrogens with zero attached hydrogens (tertiary/aromatic N) is 2. The van der Waals surface area contributed by atoms with Crippen LogP contribution < -0.4 is 5.32 Å². The maximum absolute atomic E-state index is 4.43. The Hall–Kier alpha value is -0.780. The highest BCUT2D eigenvalue weighted by Gasteiger charge is 2.30. The van der Waals surface area contributed by atoms with Crippen LogP contribution in [0.15, 0.2) is 29.3 Å². The molecule has 1 saturated carbocycles. The van der Waals surface area contributed by atoms with E-state index in [1.54, 1.807) is 0 Å². The molecule has 1 atom stereocenters. The number of aliphatic imine (C=N–C) groups is 1. The lowest BCUT2D eigenvalue weighted by Crippen LogP contribution is -2.40. The van der Waals surface area contributed by atoms with Gasteiger partial charge < -0.3 is 10.2 Å². The Labute approximate surface area is 138 Å². The van der Waals surface area contributed by atoms with Crippen LogP contribution in [0.1, 0.15) is 36.3 Å². The predicted molar refractivity (Wildman–Crippen MR) is 95.0 cm³/mol. The van der Waals surface area contributed by atoms with Crippen molar-refractivity contribution in [2.45, 2.75) is 38.1 Å². The molecule has 1 aliphatic carbocycles. The number of rotatable bonds is 2. The van der Waals surface area contributed by atoms with Gasteiger partial charge in [0.2, 0.25) is 0 Å². The number of guanidine groups is 1. The zero-order valence-electron chi connectivity index (χ0n) is 12.3. The van der Waals surface area contributed by atoms with Gasteiger partial charge in [-0.15, -0.1) is 24.0 Å². The summed E-state index contributed by atoms with van der Waals surface area (Å²) < 4.78 is 0. The third-order valence-corrected chi connectivity index (χ3v) is 4.24. The summed E-state index contributed by atoms with van der Waals surface area (Å²) in [6.07, 6.45) is 3.83. The SMILES string of the molecule is CN=C(NC1CC1)N1CCC(c2ccccc2C)C1.I. The lowest BCUT2D eigenvalue weighted by Gasteiger charge is -2.22. The summed E-state index contributed by atoms with van der Waals surface area (Å²) in [5, 5.41) is 3.55. The van der Waals surface area contributed by atoms with Gasteiger partial charge in [-0.05, 0) is 37.3 Å². The predicted octanol–water partition coefficient (Wildman–Crippen LogP) is 3.14. The van der Waals surface area contributed by atoms with Crippen molar-refractivity contribution in [1.29, 1.82) is 0 Å². The van der Waals surface area contributed by atoms with E-state index in [2.05, 4.69) is 46.4 Å². The smallest absolute Gasteiger partial charge is 0.193 e. The summed E-state index contributed by atoms with van der Waals surface area (Å²) in [6, 6.07) is 9.45. The highest BCUT2D eigenvalue weighted by molar-refractivity contribution is 14.0. The number of hydrogen-bond acceptors (Lipinski definition) is 1. The van der Waals surface area contributed by atoms with Crippen molar-refractivity contribution in [3.05, 3.63) is 35.4 Å². The van der Waals surface area contributed by atoms with Crippen molar-refractivity contribution in [1.82, 2.24) is 10.2 Å². The van der Waals surface area contributed by atoms with Crippen molar-refractivity contribution < 1.29 is 0 Å². The van der Waals surface area contributed by atoms with E-state index < -0.39 is 0 Å². The largest absolute Gasteiger partial charge is 0.354 e. The maximum atomic E-state index is 4.43. The molecule has 0 amide bonds. The highest BCUT2D eigenvalue weighted by atomic mass is 127. The lowest BCUT2D eigenvalue weighted by molar-refractivity contribution is 0.485. The minimum Gasteiger partial charge on any atom is -0.354 e. The van der Waals surface area contributed by atoms with Gasteiger partial charge >= 0.3 is 0 Å². The van der Waals surface area contributed by atoms with Crippen LogP contribution in [0.25, 0.3) is 0 Å². The van der Waals surface area contributed by atoms with Crippen LogP contribution in [0.4, 0.5) is 0 Å². The average molecular weight is 385 g/mol. The van der Waals surface area contributed by atoms with Crippen molar-refractivity contribution in [3.63, 3.8) is 0 Å². The molecule has 1 aromatic rings. The third-order valence-electron chi connectivity index (χ3n) is 4.24. The first-order valence-corrected chi connectivity index (χ1v) is 7.31. The van der Waals surface area contributed by atoms with Gasteiger partial charge in [-0.3, -0.25) is 4.99 Å². The van der Waals surface area contributed by atoms with E-state index >= 15 is 0 Å². The van der Waals surface area contributed by atoms with Crippen LogP contribution >= 0.6 is 24.0 Å². The second-order valence-electron chi connectivity index (χ2n) is 5.75. The molecular weight excluding hydrogens is 361 g/mol. The van der Waals surface area contributed by atoms with Crippen molar-refractivity contribution in [3.8, 4) is 0 Å². The van der Waals surface area contributed by atoms with Gasteiger partial charge in [0.05, 0.1) is 0 Å². The normalized spacial score (nSPS) is 22.6. The van der Waals surface area contributed by atoms with Gasteiger partial charge in [-0.1, -0.05) is 24.3 Å². The summed E-state index contributed by atoms with van der Waals surface area (Å²) in [6.45, 7) is 4.43. The molecule has 110 valence electrons. The molecule has 20 heavy (non-hydrogen) atoms. The molecule has 3 nitrogen and oxygen atoms in total. The summed E-state index contributed by atoms with van der Waals surface area (Å²) in [5.41, 5.74) is 2.92. The maximum Gasteiger partial charge on any atom is 0.193 e. The van der Waals surface area contributed by atoms with Crippen LogP contribution in [0.2, 0.25) is 0 Å². The fraction of sp³-hybridized carbons (Fsp3) is 0.562. The quantitative estimate of drug-likeness (QED) is 0.481. The van der Waals surface area contributed by atoms with Gasteiger partial charge in [0.15, 0.2) is 5.96 Å². The Balaban J connectivity index is 0.00000147. The van der Waals surface area contributed by atoms with Gasteiger partial charge in [-0.2, -0.15) is 0 Å². The Morgan fingerprint density at radius 2 is 2.00 bits per heavy atom. The average Bonchev–Trinajstić information content (AvgIpc) is 3.12. The molecule has 0 bridgehead atoms. The number of nitrogens with one attached hydrogen (secondary N) is 1. The van der Waals surface area contributed by atoms with Crippen LogP contribution in [-0.2, 0) is 0 Å². The minimum atomic E-state index is 0. The molecule has 2 aliphatic rings. The van der Waals surface area contributed by atoms with Crippen molar-refractivity contribution >= 4 is 29.9 Å². The number of benzene rings is 1. The van der Waals surface area contributed by atoms with E-state index in [4.69, 9.17) is 0 Å². The fourth-order valence-corrected chi connectivity index (χ4v) is 2.96. The summed E-state index contributed by atoms with van der Waals surface area (Å²) in [7, 11) is 1.89. The molecule has 2 fully saturated rings. The molecule has 1 N–H and O–H groups in total. The molecule has 0 aromatic heterocycles. The Kier molecular flexibility index (Phi) is 5.29. The van der Waals surface area contributed by atoms with E-state index in [-0.39, 0.29) is 24.0 Å². The number of likely N-dealkylation sites (tertiary alicyclic amines) is 1. The summed E-state index contributed by atoms with van der Waals surface area (Å²) >= 11 is 0. The fourth-order valence-electron chi connectivity index (χ4n) is 2.96. The van der Waals surface area contributed by atoms with E-state index in [0.717, 1.165) is 19.0 Å². The second-order valence-corrected chi connectivity index (χ2v) is 5.75. The number of halogens is 1. The van der Waals surface area contributed by atoms with Gasteiger partial charge in [0.25, 0.3) is 0 Å². The van der Waals surface area contributed by atoms with Crippen molar-refractivity contribution in [2.75, 3.05) is 20.1 Å². The van der Waals surface area contributed by atoms with Crippen LogP contribution in [0, 0.1) is 6.92 Å². The molecule has 3 rings (SSSR count). The van der Waals surface area contributed by atoms with Crippen LogP contribution in [0.3, 0.4) is 0 Å². The monoisotopic (exact) mass is 385 g/mol. The molecule has 1 saturated heterocycles. The first kappa shape index (κ1) is 15.6. The van der Waals surface area contributed by atoms with E-state index in [0.29, 0.717) is 12.0 Å². The lowest BCUT2D eigenvalue weighted by atomic mass is 9.94. The zero-order chi connectivity index (χ0) is 13.2. The molecule has 1 aromatic carbocycles. The summed E-state index contributed by atoms with van der Waals surface area (Å²) in [4.78, 5) is 6.84. The van der Waals surface area contributed by atoms with E-state index in [1.165, 1.54) is 30.4 Å². The Morgan fingerprint density at radius 3 is 2.65 bits per heavy atom. The number of aryl methyl sites for hydroxylation is 1. The molecular formula is C16H24IN3. The Morgan fingerprint density at radius 1 is 1.25 bits per heavy atom. The van der Waals surface area contributed by atoms with Gasteiger partial charge in [0.1, 0.15) is 0 Å². The van der Waals surface area contributed by atoms with Crippen LogP contribution in [-0.4, -0.2) is 37.0 Å². The van der Waals surface area contributed by atoms with Gasteiger partial charge in [-0.25, -0.2) is 0 Å². The second kappa shape index (κ2) is 6.78. The van der Waals surface area contributed by atoms with Gasteiger partial charge in [0, 0.05) is 32.1 Å². The van der Waals surface area contributed by atoms with Crippen LogP contribution in [0.5, 0.6) is 0 Å². The molecule has 4 heteroatoms. The molecule has 0 spiro atoms. The molecule has 0 radical (unpaired) electrons. The standard InChI is InChI=1S/C16H23N3.HI/c1-12-5-3-4-6-15(12)13-9-10-19(11-13)16(17-2)18-14-7-8-14;/h3-6,13-14H,7-11H2,1-2H3,(H,17,18);1H. The Bertz CT molecular complexity index is 482. The summed E-state index contributed by atoms with van der Waals surface area (Å²) in [5.74, 6) is 1.75.